The van der Waals surface area contributed by atoms with E-state index >= 15 is 0 Å². The number of nitrogens with zero attached hydrogens (tertiary/aromatic N) is 5. The summed E-state index contributed by atoms with van der Waals surface area (Å²) in [5.74, 6) is -0.347. The average molecular weight is 343 g/mol. The second-order valence-corrected chi connectivity index (χ2v) is 5.81. The Morgan fingerprint density at radius 1 is 1.38 bits per heavy atom. The number of thiazole rings is 1. The Bertz CT molecular complexity index is 874. The maximum Gasteiger partial charge on any atom is 0.381 e. The largest absolute Gasteiger partial charge is 0.381 e. The third-order valence-electron chi connectivity index (χ3n) is 3.21. The van der Waals surface area contributed by atoms with Gasteiger partial charge in [-0.3, -0.25) is 9.69 Å². The van der Waals surface area contributed by atoms with Crippen molar-refractivity contribution in [2.75, 3.05) is 4.90 Å². The van der Waals surface area contributed by atoms with E-state index in [0.29, 0.717) is 17.4 Å². The van der Waals surface area contributed by atoms with Gasteiger partial charge in [0.25, 0.3) is 0 Å². The van der Waals surface area contributed by atoms with Crippen molar-refractivity contribution in [1.82, 2.24) is 14.5 Å². The molecular formula is C15H13N5O3S. The number of hydrogen-bond acceptors (Lipinski definition) is 6. The summed E-state index contributed by atoms with van der Waals surface area (Å²) in [6, 6.07) is 9.25. The zero-order valence-electron chi connectivity index (χ0n) is 12.7. The number of aromatic nitrogens is 3. The van der Waals surface area contributed by atoms with Crippen LogP contribution in [0.15, 0.2) is 48.2 Å². The summed E-state index contributed by atoms with van der Waals surface area (Å²) in [6.07, 6.45) is 2.73. The molecule has 1 amide bonds. The van der Waals surface area contributed by atoms with Gasteiger partial charge in [0, 0.05) is 12.3 Å². The van der Waals surface area contributed by atoms with E-state index in [9.17, 15) is 14.9 Å². The summed E-state index contributed by atoms with van der Waals surface area (Å²) in [7, 11) is 0. The lowest BCUT2D eigenvalue weighted by molar-refractivity contribution is -0.389. The van der Waals surface area contributed by atoms with Crippen molar-refractivity contribution in [3.63, 3.8) is 0 Å². The van der Waals surface area contributed by atoms with Gasteiger partial charge in [-0.2, -0.15) is 0 Å². The van der Waals surface area contributed by atoms with Crippen molar-refractivity contribution in [3.05, 3.63) is 64.0 Å². The van der Waals surface area contributed by atoms with Crippen LogP contribution in [-0.2, 0) is 11.3 Å². The molecule has 0 aliphatic rings. The smallest absolute Gasteiger partial charge is 0.358 e. The lowest BCUT2D eigenvalue weighted by atomic mass is 10.3. The number of nitro groups is 1. The van der Waals surface area contributed by atoms with Crippen molar-refractivity contribution >= 4 is 33.9 Å². The highest BCUT2D eigenvalue weighted by Crippen LogP contribution is 2.29. The number of imidazole rings is 1. The van der Waals surface area contributed by atoms with Crippen molar-refractivity contribution in [2.24, 2.45) is 0 Å². The van der Waals surface area contributed by atoms with E-state index in [-0.39, 0.29) is 11.7 Å². The molecule has 24 heavy (non-hydrogen) atoms. The first-order chi connectivity index (χ1) is 11.5. The molecule has 0 saturated carbocycles. The molecule has 8 nitrogen and oxygen atoms in total. The monoisotopic (exact) mass is 343 g/mol. The molecule has 122 valence electrons. The second-order valence-electron chi connectivity index (χ2n) is 4.97. The molecule has 0 N–H and O–H groups in total. The fourth-order valence-corrected chi connectivity index (χ4v) is 3.07. The summed E-state index contributed by atoms with van der Waals surface area (Å²) < 4.78 is 1.58. The quantitative estimate of drug-likeness (QED) is 0.524. The fraction of sp³-hybridized carbons (Fsp3) is 0.133. The van der Waals surface area contributed by atoms with Crippen LogP contribution in [0.1, 0.15) is 12.6 Å². The van der Waals surface area contributed by atoms with Gasteiger partial charge in [0.1, 0.15) is 6.20 Å². The van der Waals surface area contributed by atoms with Crippen molar-refractivity contribution < 1.29 is 9.72 Å². The van der Waals surface area contributed by atoms with Gasteiger partial charge in [-0.1, -0.05) is 18.2 Å². The predicted molar refractivity (Wildman–Crippen MR) is 89.4 cm³/mol. The summed E-state index contributed by atoms with van der Waals surface area (Å²) in [6.45, 7) is 1.82. The zero-order valence-corrected chi connectivity index (χ0v) is 13.5. The Balaban J connectivity index is 1.83. The summed E-state index contributed by atoms with van der Waals surface area (Å²) in [5.41, 5.74) is 1.44. The third-order valence-corrected chi connectivity index (χ3v) is 4.09. The third kappa shape index (κ3) is 3.30. The Morgan fingerprint density at radius 3 is 2.75 bits per heavy atom. The number of hydrogen-bond donors (Lipinski definition) is 0. The van der Waals surface area contributed by atoms with Crippen LogP contribution in [0.2, 0.25) is 0 Å². The maximum absolute atomic E-state index is 12.0. The molecule has 9 heteroatoms. The van der Waals surface area contributed by atoms with E-state index < -0.39 is 4.92 Å². The van der Waals surface area contributed by atoms with Gasteiger partial charge in [-0.15, -0.1) is 11.3 Å². The van der Waals surface area contributed by atoms with Crippen LogP contribution in [0.4, 0.5) is 16.6 Å². The molecule has 0 spiro atoms. The molecule has 0 saturated heterocycles. The van der Waals surface area contributed by atoms with Crippen molar-refractivity contribution in [3.8, 4) is 0 Å². The van der Waals surface area contributed by atoms with Crippen LogP contribution in [0.25, 0.3) is 0 Å². The number of carbonyl (C=O) groups is 1. The standard InChI is InChI=1S/C15H13N5O3S/c1-11(21)19(13-5-3-2-4-6-13)15-17-12(9-24-15)7-18-8-14(16-10-18)20(22)23/h2-6,8-10H,7H2,1H3. The minimum Gasteiger partial charge on any atom is -0.358 e. The van der Waals surface area contributed by atoms with Gasteiger partial charge in [-0.25, -0.2) is 4.98 Å². The minimum absolute atomic E-state index is 0.139. The molecule has 0 atom stereocenters. The molecule has 0 fully saturated rings. The van der Waals surface area contributed by atoms with Crippen LogP contribution in [-0.4, -0.2) is 25.4 Å². The van der Waals surface area contributed by atoms with Crippen LogP contribution in [0, 0.1) is 10.1 Å². The average Bonchev–Trinajstić information content (AvgIpc) is 3.19. The molecule has 2 aromatic heterocycles. The van der Waals surface area contributed by atoms with Gasteiger partial charge >= 0.3 is 5.82 Å². The van der Waals surface area contributed by atoms with E-state index in [1.165, 1.54) is 35.7 Å². The highest BCUT2D eigenvalue weighted by molar-refractivity contribution is 7.14. The maximum atomic E-state index is 12.0. The zero-order chi connectivity index (χ0) is 17.1. The van der Waals surface area contributed by atoms with Gasteiger partial charge in [0.15, 0.2) is 5.13 Å². The van der Waals surface area contributed by atoms with E-state index in [1.807, 2.05) is 35.7 Å². The number of anilines is 2. The first-order valence-electron chi connectivity index (χ1n) is 7.01. The van der Waals surface area contributed by atoms with Crippen molar-refractivity contribution in [2.45, 2.75) is 13.5 Å². The van der Waals surface area contributed by atoms with Crippen molar-refractivity contribution in [1.29, 1.82) is 0 Å². The van der Waals surface area contributed by atoms with Gasteiger partial charge in [0.2, 0.25) is 12.2 Å². The molecule has 1 aromatic carbocycles. The Labute approximate surface area is 141 Å². The van der Waals surface area contributed by atoms with E-state index in [0.717, 1.165) is 5.69 Å². The molecule has 0 unspecified atom stereocenters. The first kappa shape index (κ1) is 15.8. The molecule has 0 aliphatic heterocycles. The normalized spacial score (nSPS) is 10.5. The second kappa shape index (κ2) is 6.59. The molecule has 3 aromatic rings. The van der Waals surface area contributed by atoms with Crippen LogP contribution < -0.4 is 4.90 Å². The topological polar surface area (TPSA) is 94.2 Å². The molecule has 3 rings (SSSR count). The summed E-state index contributed by atoms with van der Waals surface area (Å²) in [5, 5.41) is 13.0. The van der Waals surface area contributed by atoms with Crippen LogP contribution in [0.3, 0.4) is 0 Å². The highest BCUT2D eigenvalue weighted by atomic mass is 32.1. The molecule has 0 bridgehead atoms. The van der Waals surface area contributed by atoms with E-state index in [1.54, 1.807) is 4.57 Å². The van der Waals surface area contributed by atoms with Gasteiger partial charge in [0.05, 0.1) is 17.9 Å². The van der Waals surface area contributed by atoms with Crippen LogP contribution in [0.5, 0.6) is 0 Å². The lowest BCUT2D eigenvalue weighted by Crippen LogP contribution is -2.22. The highest BCUT2D eigenvalue weighted by Gasteiger charge is 2.18. The predicted octanol–water partition coefficient (Wildman–Crippen LogP) is 2.98. The number of carbonyl (C=O) groups excluding carboxylic acids is 1. The van der Waals surface area contributed by atoms with E-state index in [2.05, 4.69) is 9.97 Å². The summed E-state index contributed by atoms with van der Waals surface area (Å²) >= 11 is 1.34. The SMILES string of the molecule is CC(=O)N(c1ccccc1)c1nc(Cn2cnc([N+](=O)[O-])c2)cs1. The number of para-hydroxylation sites is 1. The first-order valence-corrected chi connectivity index (χ1v) is 7.89. The minimum atomic E-state index is -0.546. The van der Waals surface area contributed by atoms with E-state index in [4.69, 9.17) is 0 Å². The number of amides is 1. The lowest BCUT2D eigenvalue weighted by Gasteiger charge is -2.17. The van der Waals surface area contributed by atoms with Gasteiger partial charge in [-0.05, 0) is 22.0 Å². The molecule has 2 heterocycles. The fourth-order valence-electron chi connectivity index (χ4n) is 2.19. The Morgan fingerprint density at radius 2 is 2.12 bits per heavy atom. The molecular weight excluding hydrogens is 330 g/mol. The molecule has 0 aliphatic carbocycles. The Hall–Kier alpha value is -3.07. The van der Waals surface area contributed by atoms with Gasteiger partial charge < -0.3 is 14.7 Å². The molecule has 0 radical (unpaired) electrons. The summed E-state index contributed by atoms with van der Waals surface area (Å²) in [4.78, 5) is 31.8. The number of rotatable bonds is 5. The van der Waals surface area contributed by atoms with Crippen LogP contribution >= 0.6 is 11.3 Å². The number of benzene rings is 1. The Kier molecular flexibility index (Phi) is 4.34.